The summed E-state index contributed by atoms with van der Waals surface area (Å²) in [7, 11) is 0. The van der Waals surface area contributed by atoms with Crippen LogP contribution in [0.2, 0.25) is 5.02 Å². The zero-order valence-electron chi connectivity index (χ0n) is 13.3. The zero-order valence-corrected chi connectivity index (χ0v) is 14.1. The summed E-state index contributed by atoms with van der Waals surface area (Å²) < 4.78 is 12.2. The zero-order chi connectivity index (χ0) is 16.1. The van der Waals surface area contributed by atoms with Gasteiger partial charge in [-0.15, -0.1) is 0 Å². The average Bonchev–Trinajstić information content (AvgIpc) is 2.97. The molecule has 0 amide bonds. The Morgan fingerprint density at radius 3 is 2.57 bits per heavy atom. The summed E-state index contributed by atoms with van der Waals surface area (Å²) >= 11 is 6.19. The van der Waals surface area contributed by atoms with E-state index in [0.29, 0.717) is 6.61 Å². The smallest absolute Gasteiger partial charge is 0.155 e. The highest BCUT2D eigenvalue weighted by Gasteiger charge is 2.33. The number of hydrogen-bond donors (Lipinski definition) is 0. The molecular weight excluding hydrogens is 310 g/mol. The molecular formula is C19H22ClNO2. The second kappa shape index (κ2) is 7.82. The Balaban J connectivity index is 1.57. The molecule has 122 valence electrons. The van der Waals surface area contributed by atoms with Crippen LogP contribution in [0.5, 0.6) is 5.75 Å². The van der Waals surface area contributed by atoms with Gasteiger partial charge >= 0.3 is 0 Å². The van der Waals surface area contributed by atoms with Crippen molar-refractivity contribution >= 4 is 11.6 Å². The highest BCUT2D eigenvalue weighted by molar-refractivity contribution is 6.31. The van der Waals surface area contributed by atoms with Crippen molar-refractivity contribution in [2.75, 3.05) is 13.1 Å². The molecule has 0 saturated carbocycles. The van der Waals surface area contributed by atoms with Crippen LogP contribution in [0.25, 0.3) is 0 Å². The first-order valence-corrected chi connectivity index (χ1v) is 8.45. The summed E-state index contributed by atoms with van der Waals surface area (Å²) in [5.74, 6) is 0.905. The van der Waals surface area contributed by atoms with Crippen LogP contribution in [0.3, 0.4) is 0 Å². The predicted molar refractivity (Wildman–Crippen MR) is 92.8 cm³/mol. The number of likely N-dealkylation sites (N-methyl/N-ethyl adjacent to an activating group) is 1. The van der Waals surface area contributed by atoms with Crippen LogP contribution < -0.4 is 4.74 Å². The van der Waals surface area contributed by atoms with Crippen molar-refractivity contribution in [3.63, 3.8) is 0 Å². The maximum absolute atomic E-state index is 6.19. The second-order valence-electron chi connectivity index (χ2n) is 5.73. The normalized spacial score (nSPS) is 21.5. The fourth-order valence-electron chi connectivity index (χ4n) is 2.88. The Hall–Kier alpha value is -1.55. The topological polar surface area (TPSA) is 21.7 Å². The molecule has 1 heterocycles. The molecule has 0 spiro atoms. The Morgan fingerprint density at radius 1 is 1.09 bits per heavy atom. The molecule has 2 unspecified atom stereocenters. The Bertz CT molecular complexity index is 620. The van der Waals surface area contributed by atoms with Crippen LogP contribution in [0.15, 0.2) is 54.6 Å². The average molecular weight is 332 g/mol. The third-order valence-electron chi connectivity index (χ3n) is 4.16. The van der Waals surface area contributed by atoms with Crippen LogP contribution in [-0.2, 0) is 11.3 Å². The molecule has 23 heavy (non-hydrogen) atoms. The number of hydrogen-bond acceptors (Lipinski definition) is 3. The van der Waals surface area contributed by atoms with E-state index < -0.39 is 0 Å². The lowest BCUT2D eigenvalue weighted by Gasteiger charge is -2.23. The molecule has 0 bridgehead atoms. The molecule has 1 saturated heterocycles. The predicted octanol–water partition coefficient (Wildman–Crippen LogP) is 4.36. The standard InChI is InChI=1S/C19H22ClNO2/c1-2-21-13-17(22-14-15-8-6-7-11-18(15)20)12-19(21)23-16-9-4-3-5-10-16/h3-11,17,19H,2,12-14H2,1H3. The van der Waals surface area contributed by atoms with E-state index >= 15 is 0 Å². The SMILES string of the molecule is CCN1CC(OCc2ccccc2Cl)CC1Oc1ccccc1. The maximum Gasteiger partial charge on any atom is 0.155 e. The van der Waals surface area contributed by atoms with E-state index in [2.05, 4.69) is 11.8 Å². The van der Waals surface area contributed by atoms with E-state index in [1.807, 2.05) is 54.6 Å². The van der Waals surface area contributed by atoms with Crippen molar-refractivity contribution in [2.24, 2.45) is 0 Å². The highest BCUT2D eigenvalue weighted by atomic mass is 35.5. The largest absolute Gasteiger partial charge is 0.475 e. The Labute approximate surface area is 142 Å². The molecule has 2 atom stereocenters. The van der Waals surface area contributed by atoms with E-state index in [1.165, 1.54) is 0 Å². The minimum atomic E-state index is 0.0682. The Kier molecular flexibility index (Phi) is 5.55. The molecule has 2 aromatic carbocycles. The van der Waals surface area contributed by atoms with Crippen LogP contribution in [-0.4, -0.2) is 30.3 Å². The number of ether oxygens (including phenoxy) is 2. The maximum atomic E-state index is 6.19. The monoisotopic (exact) mass is 331 g/mol. The van der Waals surface area contributed by atoms with Gasteiger partial charge in [0, 0.05) is 18.0 Å². The molecule has 0 radical (unpaired) electrons. The third-order valence-corrected chi connectivity index (χ3v) is 4.53. The van der Waals surface area contributed by atoms with Gasteiger partial charge in [0.25, 0.3) is 0 Å². The van der Waals surface area contributed by atoms with Gasteiger partial charge in [0.15, 0.2) is 6.23 Å². The van der Waals surface area contributed by atoms with Gasteiger partial charge in [-0.3, -0.25) is 4.90 Å². The summed E-state index contributed by atoms with van der Waals surface area (Å²) in [6.07, 6.45) is 1.10. The van der Waals surface area contributed by atoms with Crippen molar-refractivity contribution in [3.8, 4) is 5.75 Å². The molecule has 3 nitrogen and oxygen atoms in total. The molecule has 0 N–H and O–H groups in total. The van der Waals surface area contributed by atoms with Crippen LogP contribution in [0.1, 0.15) is 18.9 Å². The molecule has 2 aromatic rings. The first kappa shape index (κ1) is 16.3. The first-order valence-electron chi connectivity index (χ1n) is 8.07. The molecule has 1 fully saturated rings. The quantitative estimate of drug-likeness (QED) is 0.785. The van der Waals surface area contributed by atoms with Gasteiger partial charge in [0.2, 0.25) is 0 Å². The van der Waals surface area contributed by atoms with Gasteiger partial charge in [-0.2, -0.15) is 0 Å². The molecule has 1 aliphatic rings. The summed E-state index contributed by atoms with van der Waals surface area (Å²) in [6, 6.07) is 17.8. The summed E-state index contributed by atoms with van der Waals surface area (Å²) in [5, 5.41) is 0.759. The van der Waals surface area contributed by atoms with Gasteiger partial charge in [-0.25, -0.2) is 0 Å². The second-order valence-corrected chi connectivity index (χ2v) is 6.14. The van der Waals surface area contributed by atoms with Crippen LogP contribution >= 0.6 is 11.6 Å². The minimum Gasteiger partial charge on any atom is -0.475 e. The summed E-state index contributed by atoms with van der Waals surface area (Å²) in [5.41, 5.74) is 1.03. The van der Waals surface area contributed by atoms with Gasteiger partial charge in [-0.1, -0.05) is 54.9 Å². The van der Waals surface area contributed by atoms with Gasteiger partial charge in [0.05, 0.1) is 12.7 Å². The molecule has 1 aliphatic heterocycles. The van der Waals surface area contributed by atoms with Crippen molar-refractivity contribution in [3.05, 3.63) is 65.2 Å². The lowest BCUT2D eigenvalue weighted by molar-refractivity contribution is 0.0448. The van der Waals surface area contributed by atoms with Crippen LogP contribution in [0.4, 0.5) is 0 Å². The number of para-hydroxylation sites is 1. The fourth-order valence-corrected chi connectivity index (χ4v) is 3.07. The van der Waals surface area contributed by atoms with E-state index in [0.717, 1.165) is 35.8 Å². The van der Waals surface area contributed by atoms with Crippen molar-refractivity contribution < 1.29 is 9.47 Å². The number of nitrogens with zero attached hydrogens (tertiary/aromatic N) is 1. The van der Waals surface area contributed by atoms with Crippen molar-refractivity contribution in [1.82, 2.24) is 4.90 Å². The molecule has 4 heteroatoms. The molecule has 0 aliphatic carbocycles. The van der Waals surface area contributed by atoms with Crippen molar-refractivity contribution in [2.45, 2.75) is 32.3 Å². The van der Waals surface area contributed by atoms with E-state index in [4.69, 9.17) is 21.1 Å². The summed E-state index contributed by atoms with van der Waals surface area (Å²) in [6.45, 7) is 4.53. The number of likely N-dealkylation sites (tertiary alicyclic amines) is 1. The van der Waals surface area contributed by atoms with E-state index in [-0.39, 0.29) is 12.3 Å². The van der Waals surface area contributed by atoms with Crippen LogP contribution in [0, 0.1) is 0 Å². The minimum absolute atomic E-state index is 0.0682. The van der Waals surface area contributed by atoms with Crippen molar-refractivity contribution in [1.29, 1.82) is 0 Å². The van der Waals surface area contributed by atoms with Gasteiger partial charge in [-0.05, 0) is 30.3 Å². The number of rotatable bonds is 6. The first-order chi connectivity index (χ1) is 11.3. The van der Waals surface area contributed by atoms with Gasteiger partial charge in [0.1, 0.15) is 5.75 Å². The van der Waals surface area contributed by atoms with E-state index in [1.54, 1.807) is 0 Å². The fraction of sp³-hybridized carbons (Fsp3) is 0.368. The number of halogens is 1. The molecule has 3 rings (SSSR count). The lowest BCUT2D eigenvalue weighted by Crippen LogP contribution is -2.33. The lowest BCUT2D eigenvalue weighted by atomic mass is 10.2. The third kappa shape index (κ3) is 4.25. The molecule has 0 aromatic heterocycles. The number of benzene rings is 2. The van der Waals surface area contributed by atoms with Gasteiger partial charge < -0.3 is 9.47 Å². The van der Waals surface area contributed by atoms with E-state index in [9.17, 15) is 0 Å². The Morgan fingerprint density at radius 2 is 1.83 bits per heavy atom. The summed E-state index contributed by atoms with van der Waals surface area (Å²) in [4.78, 5) is 2.31. The highest BCUT2D eigenvalue weighted by Crippen LogP contribution is 2.25.